The van der Waals surface area contributed by atoms with E-state index in [2.05, 4.69) is 26.3 Å². The summed E-state index contributed by atoms with van der Waals surface area (Å²) in [6.45, 7) is 0.584. The monoisotopic (exact) mass is 370 g/mol. The average Bonchev–Trinajstić information content (AvgIpc) is 3.29. The third kappa shape index (κ3) is 3.77. The third-order valence-corrected chi connectivity index (χ3v) is 6.32. The van der Waals surface area contributed by atoms with Crippen LogP contribution in [-0.2, 0) is 19.3 Å². The van der Waals surface area contributed by atoms with Gasteiger partial charge in [0.05, 0.1) is 10.6 Å². The Morgan fingerprint density at radius 3 is 2.88 bits per heavy atom. The number of aromatic nitrogens is 3. The van der Waals surface area contributed by atoms with Gasteiger partial charge in [-0.25, -0.2) is 15.0 Å². The molecule has 0 atom stereocenters. The molecule has 0 bridgehead atoms. The number of hydrogen-bond acceptors (Lipinski definition) is 6. The quantitative estimate of drug-likeness (QED) is 0.746. The molecule has 0 aliphatic heterocycles. The normalized spacial score (nSPS) is 13.4. The highest BCUT2D eigenvalue weighted by molar-refractivity contribution is 7.14. The van der Waals surface area contributed by atoms with E-state index in [4.69, 9.17) is 0 Å². The first kappa shape index (κ1) is 16.4. The molecular formula is C18H18N4OS2. The zero-order chi connectivity index (χ0) is 17.1. The van der Waals surface area contributed by atoms with Crippen molar-refractivity contribution in [1.82, 2.24) is 20.3 Å². The van der Waals surface area contributed by atoms with Crippen molar-refractivity contribution in [1.29, 1.82) is 0 Å². The molecule has 0 radical (unpaired) electrons. The van der Waals surface area contributed by atoms with Crippen LogP contribution in [0.25, 0.3) is 10.8 Å². The van der Waals surface area contributed by atoms with Crippen LogP contribution in [0.3, 0.4) is 0 Å². The SMILES string of the molecule is O=C(NCCc1csc(-c2ncccn2)n1)c1cc2c(s1)CCCC2. The van der Waals surface area contributed by atoms with Gasteiger partial charge in [0, 0.05) is 35.6 Å². The predicted molar refractivity (Wildman–Crippen MR) is 100 cm³/mol. The molecule has 3 heterocycles. The molecule has 1 amide bonds. The summed E-state index contributed by atoms with van der Waals surface area (Å²) in [5.41, 5.74) is 2.33. The Labute approximate surface area is 154 Å². The highest BCUT2D eigenvalue weighted by Crippen LogP contribution is 2.29. The summed E-state index contributed by atoms with van der Waals surface area (Å²) >= 11 is 3.18. The van der Waals surface area contributed by atoms with Crippen LogP contribution in [0.5, 0.6) is 0 Å². The van der Waals surface area contributed by atoms with Gasteiger partial charge in [0.15, 0.2) is 10.8 Å². The summed E-state index contributed by atoms with van der Waals surface area (Å²) in [6.07, 6.45) is 8.85. The van der Waals surface area contributed by atoms with Crippen molar-refractivity contribution in [3.05, 3.63) is 50.9 Å². The van der Waals surface area contributed by atoms with Crippen molar-refractivity contribution in [2.75, 3.05) is 6.54 Å². The molecule has 3 aromatic rings. The Hall–Kier alpha value is -2.12. The molecule has 1 aliphatic rings. The number of thiophene rings is 1. The minimum Gasteiger partial charge on any atom is -0.351 e. The van der Waals surface area contributed by atoms with Gasteiger partial charge < -0.3 is 5.32 Å². The number of aryl methyl sites for hydroxylation is 2. The van der Waals surface area contributed by atoms with Crippen molar-refractivity contribution in [3.8, 4) is 10.8 Å². The first-order valence-electron chi connectivity index (χ1n) is 8.41. The van der Waals surface area contributed by atoms with Gasteiger partial charge in [0.25, 0.3) is 5.91 Å². The fourth-order valence-electron chi connectivity index (χ4n) is 2.93. The molecule has 3 aromatic heterocycles. The summed E-state index contributed by atoms with van der Waals surface area (Å²) in [6, 6.07) is 3.86. The zero-order valence-electron chi connectivity index (χ0n) is 13.7. The average molecular weight is 371 g/mol. The lowest BCUT2D eigenvalue weighted by molar-refractivity contribution is 0.0958. The Kier molecular flexibility index (Phi) is 4.85. The second-order valence-electron chi connectivity index (χ2n) is 5.99. The number of thiazole rings is 1. The van der Waals surface area contributed by atoms with Gasteiger partial charge >= 0.3 is 0 Å². The molecule has 5 nitrogen and oxygen atoms in total. The molecule has 128 valence electrons. The minimum absolute atomic E-state index is 0.0289. The number of nitrogens with zero attached hydrogens (tertiary/aromatic N) is 3. The highest BCUT2D eigenvalue weighted by atomic mass is 32.1. The molecule has 0 saturated heterocycles. The maximum absolute atomic E-state index is 12.3. The van der Waals surface area contributed by atoms with Crippen LogP contribution in [0, 0.1) is 0 Å². The molecule has 4 rings (SSSR count). The van der Waals surface area contributed by atoms with Gasteiger partial charge in [0.1, 0.15) is 0 Å². The molecular weight excluding hydrogens is 352 g/mol. The first-order chi connectivity index (χ1) is 12.3. The molecule has 0 saturated carbocycles. The van der Waals surface area contributed by atoms with Crippen LogP contribution in [0.2, 0.25) is 0 Å². The molecule has 0 fully saturated rings. The molecule has 25 heavy (non-hydrogen) atoms. The minimum atomic E-state index is 0.0289. The molecule has 1 N–H and O–H groups in total. The van der Waals surface area contributed by atoms with E-state index in [1.807, 2.05) is 5.38 Å². The number of amides is 1. The number of nitrogens with one attached hydrogen (secondary N) is 1. The van der Waals surface area contributed by atoms with Crippen molar-refractivity contribution in [2.24, 2.45) is 0 Å². The van der Waals surface area contributed by atoms with E-state index in [0.717, 1.165) is 28.4 Å². The van der Waals surface area contributed by atoms with Crippen LogP contribution >= 0.6 is 22.7 Å². The lowest BCUT2D eigenvalue weighted by Gasteiger charge is -2.08. The summed E-state index contributed by atoms with van der Waals surface area (Å²) in [7, 11) is 0. The van der Waals surface area contributed by atoms with Crippen molar-refractivity contribution < 1.29 is 4.79 Å². The summed E-state index contributed by atoms with van der Waals surface area (Å²) in [5, 5.41) is 5.82. The van der Waals surface area contributed by atoms with E-state index in [9.17, 15) is 4.79 Å². The van der Waals surface area contributed by atoms with Gasteiger partial charge in [0.2, 0.25) is 0 Å². The third-order valence-electron chi connectivity index (χ3n) is 4.20. The zero-order valence-corrected chi connectivity index (χ0v) is 15.3. The van der Waals surface area contributed by atoms with Crippen LogP contribution < -0.4 is 5.32 Å². The van der Waals surface area contributed by atoms with E-state index in [-0.39, 0.29) is 5.91 Å². The number of carbonyl (C=O) groups excluding carboxylic acids is 1. The number of carbonyl (C=O) groups is 1. The van der Waals surface area contributed by atoms with Crippen LogP contribution in [-0.4, -0.2) is 27.4 Å². The second kappa shape index (κ2) is 7.41. The first-order valence-corrected chi connectivity index (χ1v) is 10.1. The number of rotatable bonds is 5. The summed E-state index contributed by atoms with van der Waals surface area (Å²) in [4.78, 5) is 27.5. The topological polar surface area (TPSA) is 67.8 Å². The molecule has 7 heteroatoms. The van der Waals surface area contributed by atoms with E-state index in [1.165, 1.54) is 34.6 Å². The van der Waals surface area contributed by atoms with Gasteiger partial charge in [-0.3, -0.25) is 4.79 Å². The van der Waals surface area contributed by atoms with Crippen molar-refractivity contribution in [3.63, 3.8) is 0 Å². The lowest BCUT2D eigenvalue weighted by Crippen LogP contribution is -2.24. The van der Waals surface area contributed by atoms with Crippen molar-refractivity contribution >= 4 is 28.6 Å². The van der Waals surface area contributed by atoms with Gasteiger partial charge in [-0.05, 0) is 43.4 Å². The number of fused-ring (bicyclic) bond motifs is 1. The van der Waals surface area contributed by atoms with Crippen LogP contribution in [0.4, 0.5) is 0 Å². The summed E-state index contributed by atoms with van der Waals surface area (Å²) in [5.74, 6) is 0.674. The van der Waals surface area contributed by atoms with Crippen LogP contribution in [0.1, 0.15) is 38.6 Å². The fourth-order valence-corrected chi connectivity index (χ4v) is 4.90. The van der Waals surface area contributed by atoms with E-state index < -0.39 is 0 Å². The predicted octanol–water partition coefficient (Wildman–Crippen LogP) is 3.51. The van der Waals surface area contributed by atoms with Crippen LogP contribution in [0.15, 0.2) is 29.9 Å². The molecule has 1 aliphatic carbocycles. The Morgan fingerprint density at radius 2 is 2.04 bits per heavy atom. The Morgan fingerprint density at radius 1 is 1.20 bits per heavy atom. The smallest absolute Gasteiger partial charge is 0.261 e. The molecule has 0 aromatic carbocycles. The largest absolute Gasteiger partial charge is 0.351 e. The van der Waals surface area contributed by atoms with Gasteiger partial charge in [-0.1, -0.05) is 0 Å². The lowest BCUT2D eigenvalue weighted by atomic mass is 9.99. The second-order valence-corrected chi connectivity index (χ2v) is 7.98. The fraction of sp³-hybridized carbons (Fsp3) is 0.333. The standard InChI is InChI=1S/C18H18N4OS2/c23-17(15-10-12-4-1-2-5-14(12)25-15)21-9-6-13-11-24-18(22-13)16-19-7-3-8-20-16/h3,7-8,10-11H,1-2,4-6,9H2,(H,21,23). The molecule has 0 spiro atoms. The number of hydrogen-bond donors (Lipinski definition) is 1. The Balaban J connectivity index is 1.32. The van der Waals surface area contributed by atoms with E-state index >= 15 is 0 Å². The van der Waals surface area contributed by atoms with Crippen molar-refractivity contribution in [2.45, 2.75) is 32.1 Å². The highest BCUT2D eigenvalue weighted by Gasteiger charge is 2.17. The van der Waals surface area contributed by atoms with E-state index in [0.29, 0.717) is 18.8 Å². The summed E-state index contributed by atoms with van der Waals surface area (Å²) < 4.78 is 0. The Bertz CT molecular complexity index is 849. The molecule has 0 unspecified atom stereocenters. The maximum Gasteiger partial charge on any atom is 0.261 e. The maximum atomic E-state index is 12.3. The van der Waals surface area contributed by atoms with Gasteiger partial charge in [-0.2, -0.15) is 0 Å². The van der Waals surface area contributed by atoms with E-state index in [1.54, 1.807) is 29.8 Å². The van der Waals surface area contributed by atoms with Gasteiger partial charge in [-0.15, -0.1) is 22.7 Å².